The van der Waals surface area contributed by atoms with E-state index in [9.17, 15) is 0 Å². The molecular weight excluding hydrogens is 389 g/mol. The smallest absolute Gasteiger partial charge is 0.260 e. The normalized spacial score (nSPS) is 10.7. The predicted octanol–water partition coefficient (Wildman–Crippen LogP) is 4.24. The lowest BCUT2D eigenvalue weighted by Crippen LogP contribution is -1.90. The van der Waals surface area contributed by atoms with Crippen molar-refractivity contribution in [1.82, 2.24) is 10.1 Å². The van der Waals surface area contributed by atoms with E-state index in [4.69, 9.17) is 21.9 Å². The molecule has 2 aromatic carbocycles. The molecule has 0 bridgehead atoms. The van der Waals surface area contributed by atoms with Crippen LogP contribution in [-0.2, 0) is 0 Å². The van der Waals surface area contributed by atoms with Gasteiger partial charge in [-0.25, -0.2) is 0 Å². The van der Waals surface area contributed by atoms with Crippen molar-refractivity contribution in [3.63, 3.8) is 0 Å². The molecule has 0 unspecified atom stereocenters. The molecule has 3 rings (SSSR count). The Morgan fingerprint density at radius 2 is 1.85 bits per heavy atom. The SMILES string of the molecule is Nc1ccc(I)cc1-c1nc(-c2ccc(Cl)cc2)no1. The van der Waals surface area contributed by atoms with Crippen LogP contribution in [0.15, 0.2) is 47.0 Å². The summed E-state index contributed by atoms with van der Waals surface area (Å²) in [5.74, 6) is 0.917. The van der Waals surface area contributed by atoms with Crippen molar-refractivity contribution in [2.75, 3.05) is 5.73 Å². The second-order valence-corrected chi connectivity index (χ2v) is 5.84. The van der Waals surface area contributed by atoms with Crippen LogP contribution in [0.1, 0.15) is 0 Å². The van der Waals surface area contributed by atoms with Crippen molar-refractivity contribution < 1.29 is 4.52 Å². The molecule has 0 aliphatic rings. The van der Waals surface area contributed by atoms with E-state index in [1.54, 1.807) is 12.1 Å². The standard InChI is InChI=1S/C14H9ClIN3O/c15-9-3-1-8(2-4-9)13-18-14(20-19-13)11-7-10(16)5-6-12(11)17/h1-7H,17H2. The zero-order chi connectivity index (χ0) is 14.1. The molecule has 0 saturated carbocycles. The first-order valence-electron chi connectivity index (χ1n) is 5.78. The molecule has 0 aliphatic carbocycles. The number of nitrogens with two attached hydrogens (primary N) is 1. The summed E-state index contributed by atoms with van der Waals surface area (Å²) in [4.78, 5) is 4.38. The van der Waals surface area contributed by atoms with E-state index >= 15 is 0 Å². The highest BCUT2D eigenvalue weighted by atomic mass is 127. The number of nitrogens with zero attached hydrogens (tertiary/aromatic N) is 2. The summed E-state index contributed by atoms with van der Waals surface area (Å²) in [6, 6.07) is 12.9. The molecule has 100 valence electrons. The summed E-state index contributed by atoms with van der Waals surface area (Å²) in [5, 5.41) is 4.64. The zero-order valence-electron chi connectivity index (χ0n) is 10.2. The van der Waals surface area contributed by atoms with E-state index in [2.05, 4.69) is 32.7 Å². The molecule has 0 radical (unpaired) electrons. The fourth-order valence-electron chi connectivity index (χ4n) is 1.76. The minimum absolute atomic E-state index is 0.408. The van der Waals surface area contributed by atoms with Crippen LogP contribution in [0.25, 0.3) is 22.8 Å². The van der Waals surface area contributed by atoms with E-state index in [-0.39, 0.29) is 0 Å². The molecule has 4 nitrogen and oxygen atoms in total. The predicted molar refractivity (Wildman–Crippen MR) is 87.3 cm³/mol. The Hall–Kier alpha value is -1.60. The quantitative estimate of drug-likeness (QED) is 0.519. The molecule has 1 aromatic heterocycles. The van der Waals surface area contributed by atoms with Gasteiger partial charge in [0.25, 0.3) is 5.89 Å². The molecule has 0 spiro atoms. The Morgan fingerprint density at radius 3 is 2.60 bits per heavy atom. The minimum Gasteiger partial charge on any atom is -0.398 e. The van der Waals surface area contributed by atoms with Crippen molar-refractivity contribution >= 4 is 39.9 Å². The third-order valence-corrected chi connectivity index (χ3v) is 3.70. The maximum atomic E-state index is 5.94. The molecule has 0 atom stereocenters. The lowest BCUT2D eigenvalue weighted by molar-refractivity contribution is 0.432. The Labute approximate surface area is 134 Å². The highest BCUT2D eigenvalue weighted by Crippen LogP contribution is 2.28. The maximum absolute atomic E-state index is 5.94. The topological polar surface area (TPSA) is 64.9 Å². The summed E-state index contributed by atoms with van der Waals surface area (Å²) in [5.41, 5.74) is 8.13. The van der Waals surface area contributed by atoms with E-state index in [0.29, 0.717) is 22.4 Å². The van der Waals surface area contributed by atoms with Gasteiger partial charge in [-0.05, 0) is 65.1 Å². The van der Waals surface area contributed by atoms with Gasteiger partial charge in [0.2, 0.25) is 5.82 Å². The van der Waals surface area contributed by atoms with Crippen LogP contribution in [0.3, 0.4) is 0 Å². The van der Waals surface area contributed by atoms with Crippen LogP contribution in [0.2, 0.25) is 5.02 Å². The first-order valence-corrected chi connectivity index (χ1v) is 7.24. The Balaban J connectivity index is 2.01. The molecule has 6 heteroatoms. The van der Waals surface area contributed by atoms with E-state index in [1.807, 2.05) is 30.3 Å². The Kier molecular flexibility index (Phi) is 3.62. The van der Waals surface area contributed by atoms with E-state index < -0.39 is 0 Å². The third kappa shape index (κ3) is 2.64. The third-order valence-electron chi connectivity index (χ3n) is 2.77. The summed E-state index contributed by atoms with van der Waals surface area (Å²) in [6.07, 6.45) is 0. The largest absolute Gasteiger partial charge is 0.398 e. The number of halogens is 2. The van der Waals surface area contributed by atoms with Gasteiger partial charge in [-0.15, -0.1) is 0 Å². The highest BCUT2D eigenvalue weighted by molar-refractivity contribution is 14.1. The second-order valence-electron chi connectivity index (χ2n) is 4.16. The number of aromatic nitrogens is 2. The van der Waals surface area contributed by atoms with Crippen molar-refractivity contribution in [3.05, 3.63) is 51.1 Å². The number of anilines is 1. The number of rotatable bonds is 2. The number of benzene rings is 2. The van der Waals surface area contributed by atoms with Gasteiger partial charge in [0.1, 0.15) is 0 Å². The van der Waals surface area contributed by atoms with E-state index in [0.717, 1.165) is 14.7 Å². The summed E-state index contributed by atoms with van der Waals surface area (Å²) >= 11 is 8.07. The van der Waals surface area contributed by atoms with Gasteiger partial charge in [0.05, 0.1) is 5.56 Å². The number of hydrogen-bond donors (Lipinski definition) is 1. The molecule has 1 heterocycles. The van der Waals surface area contributed by atoms with Gasteiger partial charge < -0.3 is 10.3 Å². The van der Waals surface area contributed by atoms with Gasteiger partial charge in [-0.1, -0.05) is 16.8 Å². The van der Waals surface area contributed by atoms with Crippen LogP contribution in [0.4, 0.5) is 5.69 Å². The molecule has 0 amide bonds. The molecule has 20 heavy (non-hydrogen) atoms. The molecular formula is C14H9ClIN3O. The van der Waals surface area contributed by atoms with Crippen LogP contribution in [0, 0.1) is 3.57 Å². The van der Waals surface area contributed by atoms with Gasteiger partial charge in [0, 0.05) is 19.8 Å². The van der Waals surface area contributed by atoms with E-state index in [1.165, 1.54) is 0 Å². The van der Waals surface area contributed by atoms with Crippen LogP contribution in [0.5, 0.6) is 0 Å². The summed E-state index contributed by atoms with van der Waals surface area (Å²) < 4.78 is 6.35. The van der Waals surface area contributed by atoms with Crippen LogP contribution < -0.4 is 5.73 Å². The van der Waals surface area contributed by atoms with Crippen LogP contribution in [-0.4, -0.2) is 10.1 Å². The van der Waals surface area contributed by atoms with Gasteiger partial charge >= 0.3 is 0 Å². The fourth-order valence-corrected chi connectivity index (χ4v) is 2.38. The minimum atomic E-state index is 0.408. The zero-order valence-corrected chi connectivity index (χ0v) is 13.1. The highest BCUT2D eigenvalue weighted by Gasteiger charge is 2.13. The monoisotopic (exact) mass is 397 g/mol. The van der Waals surface area contributed by atoms with Crippen LogP contribution >= 0.6 is 34.2 Å². The number of hydrogen-bond acceptors (Lipinski definition) is 4. The maximum Gasteiger partial charge on any atom is 0.260 e. The first kappa shape index (κ1) is 13.4. The molecule has 3 aromatic rings. The lowest BCUT2D eigenvalue weighted by Gasteiger charge is -2.00. The first-order chi connectivity index (χ1) is 9.63. The van der Waals surface area contributed by atoms with Crippen molar-refractivity contribution in [2.24, 2.45) is 0 Å². The molecule has 0 fully saturated rings. The molecule has 0 aliphatic heterocycles. The Bertz CT molecular complexity index is 755. The average molecular weight is 398 g/mol. The average Bonchev–Trinajstić information content (AvgIpc) is 2.92. The Morgan fingerprint density at radius 1 is 1.10 bits per heavy atom. The number of nitrogen functional groups attached to an aromatic ring is 1. The van der Waals surface area contributed by atoms with Gasteiger partial charge in [0.15, 0.2) is 0 Å². The lowest BCUT2D eigenvalue weighted by atomic mass is 10.2. The second kappa shape index (κ2) is 5.41. The van der Waals surface area contributed by atoms with Gasteiger partial charge in [-0.3, -0.25) is 0 Å². The summed E-state index contributed by atoms with van der Waals surface area (Å²) in [6.45, 7) is 0. The van der Waals surface area contributed by atoms with Crippen molar-refractivity contribution in [1.29, 1.82) is 0 Å². The van der Waals surface area contributed by atoms with Gasteiger partial charge in [-0.2, -0.15) is 4.98 Å². The molecule has 0 saturated heterocycles. The molecule has 2 N–H and O–H groups in total. The summed E-state index contributed by atoms with van der Waals surface area (Å²) in [7, 11) is 0. The van der Waals surface area contributed by atoms with Crippen molar-refractivity contribution in [3.8, 4) is 22.8 Å². The van der Waals surface area contributed by atoms with Crippen molar-refractivity contribution in [2.45, 2.75) is 0 Å². The fraction of sp³-hybridized carbons (Fsp3) is 0.